The summed E-state index contributed by atoms with van der Waals surface area (Å²) in [6, 6.07) is -1.81. The summed E-state index contributed by atoms with van der Waals surface area (Å²) in [7, 11) is 4.11. The maximum atomic E-state index is 12.6. The quantitative estimate of drug-likeness (QED) is 0.211. The highest BCUT2D eigenvalue weighted by atomic mass is 16.5. The Balaban J connectivity index is 0.000000246. The van der Waals surface area contributed by atoms with E-state index in [-0.39, 0.29) is 59.8 Å². The molecule has 0 unspecified atom stereocenters. The zero-order valence-electron chi connectivity index (χ0n) is 25.8. The molecule has 0 spiro atoms. The van der Waals surface area contributed by atoms with Gasteiger partial charge >= 0.3 is 23.3 Å². The number of esters is 1. The number of carbonyl (C=O) groups excluding carboxylic acids is 3. The van der Waals surface area contributed by atoms with Gasteiger partial charge in [0.25, 0.3) is 11.1 Å². The molecule has 4 rings (SSSR count). The topological polar surface area (TPSA) is 221 Å². The lowest BCUT2D eigenvalue weighted by atomic mass is 10.3. The van der Waals surface area contributed by atoms with E-state index in [9.17, 15) is 38.4 Å². The lowest BCUT2D eigenvalue weighted by Gasteiger charge is -2.13. The first-order chi connectivity index (χ1) is 21.1. The number of aliphatic carboxylic acids is 1. The van der Waals surface area contributed by atoms with Crippen LogP contribution in [0.1, 0.15) is 52.6 Å². The number of ether oxygens (including phenoxy) is 1. The van der Waals surface area contributed by atoms with Crippen molar-refractivity contribution in [3.8, 4) is 0 Å². The number of Topliss-reactive ketones (excluding diaryl/α,β-unsaturated/α-hetero) is 2. The van der Waals surface area contributed by atoms with Crippen molar-refractivity contribution < 1.29 is 29.0 Å². The van der Waals surface area contributed by atoms with E-state index in [0.29, 0.717) is 0 Å². The third kappa shape index (κ3) is 6.29. The van der Waals surface area contributed by atoms with Crippen molar-refractivity contribution in [1.29, 1.82) is 0 Å². The van der Waals surface area contributed by atoms with Gasteiger partial charge in [-0.1, -0.05) is 13.8 Å². The van der Waals surface area contributed by atoms with Crippen molar-refractivity contribution in [2.24, 2.45) is 14.1 Å². The number of hydrogen-bond acceptors (Lipinski definition) is 11. The molecule has 4 aromatic rings. The summed E-state index contributed by atoms with van der Waals surface area (Å²) in [6.07, 6.45) is 2.92. The number of hydrogen-bond donors (Lipinski definition) is 1. The summed E-state index contributed by atoms with van der Waals surface area (Å²) < 4.78 is 11.2. The largest absolute Gasteiger partial charge is 0.480 e. The van der Waals surface area contributed by atoms with E-state index in [4.69, 9.17) is 5.11 Å². The Hall–Kier alpha value is -5.42. The van der Waals surface area contributed by atoms with E-state index < -0.39 is 46.5 Å². The molecule has 0 saturated carbocycles. The fourth-order valence-corrected chi connectivity index (χ4v) is 4.42. The highest BCUT2D eigenvalue weighted by Gasteiger charge is 2.24. The highest BCUT2D eigenvalue weighted by Crippen LogP contribution is 2.15. The molecule has 242 valence electrons. The zero-order chi connectivity index (χ0) is 33.9. The highest BCUT2D eigenvalue weighted by molar-refractivity contribution is 5.80. The number of imidazole rings is 2. The van der Waals surface area contributed by atoms with Crippen LogP contribution in [0.4, 0.5) is 0 Å². The molecule has 0 fully saturated rings. The maximum Gasteiger partial charge on any atom is 0.332 e. The number of carboxylic acid groups (broad SMARTS) is 1. The van der Waals surface area contributed by atoms with Gasteiger partial charge in [-0.05, 0) is 13.8 Å². The normalized spacial score (nSPS) is 12.4. The predicted molar refractivity (Wildman–Crippen MR) is 158 cm³/mol. The van der Waals surface area contributed by atoms with Gasteiger partial charge in [-0.25, -0.2) is 29.1 Å². The van der Waals surface area contributed by atoms with Crippen LogP contribution < -0.4 is 22.5 Å². The van der Waals surface area contributed by atoms with E-state index in [0.717, 1.165) is 13.7 Å². The summed E-state index contributed by atoms with van der Waals surface area (Å²) in [5, 5.41) is 9.10. The van der Waals surface area contributed by atoms with Gasteiger partial charge in [0.1, 0.15) is 12.1 Å². The van der Waals surface area contributed by atoms with Crippen LogP contribution in [0, 0.1) is 0 Å². The maximum absolute atomic E-state index is 12.6. The number of aryl methyl sites for hydroxylation is 2. The Morgan fingerprint density at radius 1 is 0.756 bits per heavy atom. The van der Waals surface area contributed by atoms with Crippen LogP contribution in [0.25, 0.3) is 22.3 Å². The van der Waals surface area contributed by atoms with Crippen molar-refractivity contribution in [1.82, 2.24) is 37.4 Å². The molecule has 0 aliphatic carbocycles. The molecule has 0 aromatic carbocycles. The number of aromatic nitrogens is 8. The molecular formula is C27H34N8O10. The first-order valence-corrected chi connectivity index (χ1v) is 13.8. The summed E-state index contributed by atoms with van der Waals surface area (Å²) in [5.74, 6) is -2.19. The van der Waals surface area contributed by atoms with E-state index in [1.807, 2.05) is 0 Å². The van der Waals surface area contributed by atoms with E-state index in [1.54, 1.807) is 20.8 Å². The number of rotatable bonds is 10. The number of fused-ring (bicyclic) bond motifs is 2. The van der Waals surface area contributed by atoms with E-state index in [2.05, 4.69) is 14.7 Å². The summed E-state index contributed by atoms with van der Waals surface area (Å²) in [5.41, 5.74) is -2.36. The van der Waals surface area contributed by atoms with E-state index in [1.165, 1.54) is 54.5 Å². The van der Waals surface area contributed by atoms with Gasteiger partial charge in [0.2, 0.25) is 0 Å². The second kappa shape index (κ2) is 13.5. The van der Waals surface area contributed by atoms with Gasteiger partial charge in [0.15, 0.2) is 33.9 Å². The predicted octanol–water partition coefficient (Wildman–Crippen LogP) is -0.869. The van der Waals surface area contributed by atoms with Crippen LogP contribution in [0.3, 0.4) is 0 Å². The number of nitrogens with zero attached hydrogens (tertiary/aromatic N) is 8. The van der Waals surface area contributed by atoms with Crippen molar-refractivity contribution >= 4 is 45.8 Å². The summed E-state index contributed by atoms with van der Waals surface area (Å²) in [6.45, 7) is 5.59. The minimum Gasteiger partial charge on any atom is -0.480 e. The Kier molecular flexibility index (Phi) is 10.2. The molecule has 45 heavy (non-hydrogen) atoms. The fourth-order valence-electron chi connectivity index (χ4n) is 4.42. The van der Waals surface area contributed by atoms with Crippen LogP contribution in [0.2, 0.25) is 0 Å². The zero-order valence-corrected chi connectivity index (χ0v) is 25.8. The van der Waals surface area contributed by atoms with Crippen molar-refractivity contribution in [2.75, 3.05) is 7.11 Å². The molecule has 4 heterocycles. The first kappa shape index (κ1) is 34.1. The molecule has 0 amide bonds. The van der Waals surface area contributed by atoms with Gasteiger partial charge in [-0.15, -0.1) is 0 Å². The molecule has 0 saturated heterocycles. The summed E-state index contributed by atoms with van der Waals surface area (Å²) in [4.78, 5) is 104. The number of ketones is 2. The van der Waals surface area contributed by atoms with Gasteiger partial charge in [0, 0.05) is 26.9 Å². The van der Waals surface area contributed by atoms with Gasteiger partial charge < -0.3 is 19.0 Å². The van der Waals surface area contributed by atoms with Crippen LogP contribution in [0.5, 0.6) is 0 Å². The van der Waals surface area contributed by atoms with Gasteiger partial charge in [-0.3, -0.25) is 37.4 Å². The van der Waals surface area contributed by atoms with Crippen LogP contribution in [-0.4, -0.2) is 73.1 Å². The lowest BCUT2D eigenvalue weighted by molar-refractivity contribution is -0.144. The van der Waals surface area contributed by atoms with Crippen molar-refractivity contribution in [3.63, 3.8) is 0 Å². The monoisotopic (exact) mass is 630 g/mol. The molecule has 18 nitrogen and oxygen atoms in total. The smallest absolute Gasteiger partial charge is 0.332 e. The molecular weight excluding hydrogens is 596 g/mol. The van der Waals surface area contributed by atoms with Gasteiger partial charge in [0.05, 0.1) is 32.9 Å². The second-order valence-corrected chi connectivity index (χ2v) is 10.1. The molecule has 18 heteroatoms. The summed E-state index contributed by atoms with van der Waals surface area (Å²) >= 11 is 0. The Morgan fingerprint density at radius 2 is 1.13 bits per heavy atom. The molecule has 0 bridgehead atoms. The Morgan fingerprint density at radius 3 is 1.47 bits per heavy atom. The third-order valence-electron chi connectivity index (χ3n) is 7.31. The van der Waals surface area contributed by atoms with Crippen LogP contribution in [-0.2, 0) is 51.1 Å². The SMILES string of the molecule is CCC(=O)Cn1c(=O)c2c(ncn2[C@@H](C)C(=O)O)n(C)c1=O.CCC(=O)Cn1c(=O)c2c(ncn2[C@@H](C)C(=O)OC)n(C)c1=O. The lowest BCUT2D eigenvalue weighted by Crippen LogP contribution is -2.41. The Labute approximate surface area is 253 Å². The van der Waals surface area contributed by atoms with Crippen molar-refractivity contribution in [2.45, 2.75) is 65.7 Å². The van der Waals surface area contributed by atoms with Crippen LogP contribution >= 0.6 is 0 Å². The fraction of sp³-hybridized carbons (Fsp3) is 0.481. The molecule has 0 radical (unpaired) electrons. The molecule has 0 aliphatic heterocycles. The molecule has 4 aromatic heterocycles. The number of carboxylic acids is 1. The van der Waals surface area contributed by atoms with Gasteiger partial charge in [-0.2, -0.15) is 0 Å². The van der Waals surface area contributed by atoms with E-state index >= 15 is 0 Å². The average molecular weight is 631 g/mol. The second-order valence-electron chi connectivity index (χ2n) is 10.1. The molecule has 0 aliphatic rings. The third-order valence-corrected chi connectivity index (χ3v) is 7.31. The van der Waals surface area contributed by atoms with Crippen LogP contribution in [0.15, 0.2) is 31.8 Å². The first-order valence-electron chi connectivity index (χ1n) is 13.8. The standard InChI is InChI=1S/C14H18N4O5.C13H16N4O5/c1-5-9(19)6-17-12(20)10-11(16(3)14(17)22)15-7-18(10)8(2)13(21)23-4;1-4-8(18)5-16-11(19)9-10(15(3)13(16)22)14-6-17(9)7(2)12(20)21/h7-8H,5-6H2,1-4H3;6-7H,4-5H2,1-3H3,(H,20,21)/t8-;7-/m00/s1. The number of carbonyl (C=O) groups is 4. The number of methoxy groups -OCH3 is 1. The minimum atomic E-state index is -1.14. The Bertz CT molecular complexity index is 2060. The molecule has 2 atom stereocenters. The minimum absolute atomic E-state index is 0.0131. The average Bonchev–Trinajstić information content (AvgIpc) is 3.67. The van der Waals surface area contributed by atoms with Crippen molar-refractivity contribution in [3.05, 3.63) is 54.3 Å². The molecule has 1 N–H and O–H groups in total.